The number of fused-ring (bicyclic) bond motifs is 1. The quantitative estimate of drug-likeness (QED) is 0.307. The minimum Gasteiger partial charge on any atom is -0.444 e. The van der Waals surface area contributed by atoms with Gasteiger partial charge in [-0.05, 0) is 44.4 Å². The Morgan fingerprint density at radius 3 is 2.45 bits per heavy atom. The van der Waals surface area contributed by atoms with Crippen LogP contribution in [0, 0.1) is 0 Å². The molecule has 0 radical (unpaired) electrons. The molecule has 33 heavy (non-hydrogen) atoms. The summed E-state index contributed by atoms with van der Waals surface area (Å²) in [5, 5.41) is 3.41. The van der Waals surface area contributed by atoms with Crippen LogP contribution in [0.25, 0.3) is 11.0 Å². The summed E-state index contributed by atoms with van der Waals surface area (Å²) < 4.78 is 16.1. The Labute approximate surface area is 196 Å². The molecule has 1 atom stereocenters. The van der Waals surface area contributed by atoms with Crippen molar-refractivity contribution >= 4 is 34.6 Å². The highest BCUT2D eigenvalue weighted by Crippen LogP contribution is 2.31. The first kappa shape index (κ1) is 24.3. The molecule has 2 aromatic carbocycles. The maximum Gasteiger partial charge on any atom is 0.408 e. The Morgan fingerprint density at radius 2 is 1.82 bits per heavy atom. The van der Waals surface area contributed by atoms with Crippen molar-refractivity contribution in [1.82, 2.24) is 5.32 Å². The van der Waals surface area contributed by atoms with Gasteiger partial charge in [0.1, 0.15) is 17.2 Å². The number of rotatable bonds is 6. The zero-order valence-electron chi connectivity index (χ0n) is 18.9. The van der Waals surface area contributed by atoms with Crippen LogP contribution in [0.3, 0.4) is 0 Å². The van der Waals surface area contributed by atoms with E-state index in [1.807, 2.05) is 37.3 Å². The van der Waals surface area contributed by atoms with Crippen LogP contribution >= 0.6 is 11.6 Å². The number of hydrogen-bond acceptors (Lipinski definition) is 6. The van der Waals surface area contributed by atoms with E-state index in [4.69, 9.17) is 25.5 Å². The first-order chi connectivity index (χ1) is 15.6. The Kier molecular flexibility index (Phi) is 7.43. The zero-order valence-corrected chi connectivity index (χ0v) is 19.7. The summed E-state index contributed by atoms with van der Waals surface area (Å²) in [5.74, 6) is -0.713. The molecule has 0 aliphatic carbocycles. The van der Waals surface area contributed by atoms with Gasteiger partial charge in [0.15, 0.2) is 5.75 Å². The summed E-state index contributed by atoms with van der Waals surface area (Å²) >= 11 is 6.36. The highest BCUT2D eigenvalue weighted by Gasteiger charge is 2.27. The Hall–Kier alpha value is -3.32. The number of ether oxygens (including phenoxy) is 2. The molecule has 7 nitrogen and oxygen atoms in total. The van der Waals surface area contributed by atoms with Crippen LogP contribution in [0.1, 0.15) is 38.8 Å². The van der Waals surface area contributed by atoms with Crippen LogP contribution in [0.2, 0.25) is 5.02 Å². The molecule has 0 bridgehead atoms. The molecule has 0 fully saturated rings. The minimum atomic E-state index is -1.04. The Morgan fingerprint density at radius 1 is 1.12 bits per heavy atom. The lowest BCUT2D eigenvalue weighted by atomic mass is 10.1. The lowest BCUT2D eigenvalue weighted by Crippen LogP contribution is -2.46. The summed E-state index contributed by atoms with van der Waals surface area (Å²) in [6, 6.07) is 12.6. The fraction of sp³-hybridized carbons (Fsp3) is 0.320. The molecule has 0 saturated carbocycles. The standard InChI is InChI=1S/C25H26ClNO6/c1-5-16-12-22(28)31-20-14-21(18(26)13-17(16)20)32-23(29)19(11-15-9-7-6-8-10-15)27-24(30)33-25(2,3)4/h6-10,12-14,19H,5,11H2,1-4H3,(H,27,30). The number of esters is 1. The topological polar surface area (TPSA) is 94.8 Å². The summed E-state index contributed by atoms with van der Waals surface area (Å²) in [5.41, 5.74) is 0.605. The van der Waals surface area contributed by atoms with Gasteiger partial charge in [0.25, 0.3) is 0 Å². The number of hydrogen-bond donors (Lipinski definition) is 1. The lowest BCUT2D eigenvalue weighted by Gasteiger charge is -2.23. The van der Waals surface area contributed by atoms with Crippen LogP contribution < -0.4 is 15.7 Å². The third kappa shape index (κ3) is 6.58. The van der Waals surface area contributed by atoms with Gasteiger partial charge in [-0.15, -0.1) is 0 Å². The van der Waals surface area contributed by atoms with Gasteiger partial charge in [-0.3, -0.25) is 0 Å². The molecule has 0 saturated heterocycles. The molecule has 1 N–H and O–H groups in total. The Balaban J connectivity index is 1.89. The molecule has 1 heterocycles. The van der Waals surface area contributed by atoms with E-state index in [1.165, 1.54) is 12.1 Å². The second kappa shape index (κ2) is 10.1. The average molecular weight is 472 g/mol. The van der Waals surface area contributed by atoms with E-state index >= 15 is 0 Å². The van der Waals surface area contributed by atoms with Gasteiger partial charge in [0.2, 0.25) is 0 Å². The molecule has 3 rings (SSSR count). The molecule has 0 aliphatic rings. The van der Waals surface area contributed by atoms with Crippen LogP contribution in [-0.4, -0.2) is 23.7 Å². The van der Waals surface area contributed by atoms with Crippen molar-refractivity contribution in [2.24, 2.45) is 0 Å². The van der Waals surface area contributed by atoms with Crippen molar-refractivity contribution in [3.05, 3.63) is 75.1 Å². The molecule has 1 aromatic heterocycles. The summed E-state index contributed by atoms with van der Waals surface area (Å²) in [6.45, 7) is 7.09. The molecule has 174 valence electrons. The average Bonchev–Trinajstić information content (AvgIpc) is 2.73. The van der Waals surface area contributed by atoms with Gasteiger partial charge in [-0.2, -0.15) is 0 Å². The van der Waals surface area contributed by atoms with Crippen LogP contribution in [0.15, 0.2) is 57.7 Å². The number of benzene rings is 2. The molecule has 1 amide bonds. The SMILES string of the molecule is CCc1cc(=O)oc2cc(OC(=O)C(Cc3ccccc3)NC(=O)OC(C)(C)C)c(Cl)cc12. The van der Waals surface area contributed by atoms with E-state index in [0.29, 0.717) is 11.8 Å². The first-order valence-corrected chi connectivity index (χ1v) is 10.9. The number of nitrogens with one attached hydrogen (secondary N) is 1. The van der Waals surface area contributed by atoms with E-state index in [2.05, 4.69) is 5.32 Å². The monoisotopic (exact) mass is 471 g/mol. The second-order valence-corrected chi connectivity index (χ2v) is 8.94. The highest BCUT2D eigenvalue weighted by molar-refractivity contribution is 6.33. The van der Waals surface area contributed by atoms with E-state index in [0.717, 1.165) is 11.1 Å². The number of halogens is 1. The van der Waals surface area contributed by atoms with Crippen molar-refractivity contribution in [2.75, 3.05) is 0 Å². The van der Waals surface area contributed by atoms with Crippen molar-refractivity contribution in [1.29, 1.82) is 0 Å². The zero-order chi connectivity index (χ0) is 24.2. The predicted molar refractivity (Wildman–Crippen MR) is 126 cm³/mol. The number of alkyl carbamates (subject to hydrolysis) is 1. The molecule has 1 unspecified atom stereocenters. The fourth-order valence-electron chi connectivity index (χ4n) is 3.27. The molecule has 8 heteroatoms. The number of carbonyl (C=O) groups excluding carboxylic acids is 2. The van der Waals surface area contributed by atoms with Crippen LogP contribution in [-0.2, 0) is 22.4 Å². The largest absolute Gasteiger partial charge is 0.444 e. The summed E-state index contributed by atoms with van der Waals surface area (Å²) in [7, 11) is 0. The number of carbonyl (C=O) groups is 2. The highest BCUT2D eigenvalue weighted by atomic mass is 35.5. The first-order valence-electron chi connectivity index (χ1n) is 10.6. The molecule has 0 spiro atoms. The van der Waals surface area contributed by atoms with Crippen molar-refractivity contribution in [3.8, 4) is 5.75 Å². The van der Waals surface area contributed by atoms with Crippen LogP contribution in [0.5, 0.6) is 5.75 Å². The lowest BCUT2D eigenvalue weighted by molar-refractivity contribution is -0.136. The van der Waals surface area contributed by atoms with Gasteiger partial charge in [-0.1, -0.05) is 48.9 Å². The smallest absolute Gasteiger partial charge is 0.408 e. The molecule has 0 aliphatic heterocycles. The molecule has 3 aromatic rings. The van der Waals surface area contributed by atoms with Gasteiger partial charge < -0.3 is 19.2 Å². The second-order valence-electron chi connectivity index (χ2n) is 8.53. The van der Waals surface area contributed by atoms with Crippen LogP contribution in [0.4, 0.5) is 4.79 Å². The van der Waals surface area contributed by atoms with E-state index in [1.54, 1.807) is 26.8 Å². The fourth-order valence-corrected chi connectivity index (χ4v) is 3.47. The van der Waals surface area contributed by atoms with Crippen molar-refractivity contribution < 1.29 is 23.5 Å². The van der Waals surface area contributed by atoms with Crippen molar-refractivity contribution in [2.45, 2.75) is 52.2 Å². The minimum absolute atomic E-state index is 0.0228. The van der Waals surface area contributed by atoms with Gasteiger partial charge >= 0.3 is 17.7 Å². The molecular weight excluding hydrogens is 446 g/mol. The van der Waals surface area contributed by atoms with Gasteiger partial charge in [0.05, 0.1) is 5.02 Å². The number of aryl methyl sites for hydroxylation is 1. The normalized spacial score (nSPS) is 12.3. The third-order valence-electron chi connectivity index (χ3n) is 4.73. The van der Waals surface area contributed by atoms with E-state index < -0.39 is 29.3 Å². The van der Waals surface area contributed by atoms with Crippen molar-refractivity contribution in [3.63, 3.8) is 0 Å². The molecular formula is C25H26ClNO6. The maximum atomic E-state index is 13.1. The van der Waals surface area contributed by atoms with E-state index in [-0.39, 0.29) is 22.8 Å². The van der Waals surface area contributed by atoms with Gasteiger partial charge in [-0.25, -0.2) is 14.4 Å². The summed E-state index contributed by atoms with van der Waals surface area (Å²) in [4.78, 5) is 37.3. The van der Waals surface area contributed by atoms with Gasteiger partial charge in [0, 0.05) is 23.9 Å². The Bertz CT molecular complexity index is 1210. The number of amides is 1. The predicted octanol–water partition coefficient (Wildman–Crippen LogP) is 5.05. The maximum absolute atomic E-state index is 13.1. The van der Waals surface area contributed by atoms with E-state index in [9.17, 15) is 14.4 Å². The summed E-state index contributed by atoms with van der Waals surface area (Å²) in [6.07, 6.45) is 0.0407. The third-order valence-corrected chi connectivity index (χ3v) is 5.03.